The molecule has 0 aliphatic heterocycles. The number of benzene rings is 1. The number of para-hydroxylation sites is 1. The fraction of sp³-hybridized carbons (Fsp3) is 0.438. The molecule has 0 bridgehead atoms. The minimum absolute atomic E-state index is 0.107. The third-order valence-corrected chi connectivity index (χ3v) is 4.03. The summed E-state index contributed by atoms with van der Waals surface area (Å²) in [5.41, 5.74) is 1.14. The third-order valence-electron chi connectivity index (χ3n) is 4.03. The predicted molar refractivity (Wildman–Crippen MR) is 78.5 cm³/mol. The first-order valence-corrected chi connectivity index (χ1v) is 7.16. The first-order chi connectivity index (χ1) is 9.34. The lowest BCUT2D eigenvalue weighted by molar-refractivity contribution is 0.500. The molecule has 1 saturated carbocycles. The van der Waals surface area contributed by atoms with Gasteiger partial charge in [-0.15, -0.1) is 0 Å². The number of fused-ring (bicyclic) bond motifs is 1. The normalized spacial score (nSPS) is 16.2. The number of nitrogens with zero attached hydrogens (tertiary/aromatic N) is 1. The van der Waals surface area contributed by atoms with Gasteiger partial charge in [0.2, 0.25) is 0 Å². The molecule has 0 spiro atoms. The first kappa shape index (κ1) is 12.4. The summed E-state index contributed by atoms with van der Waals surface area (Å²) in [7, 11) is 0. The highest BCUT2D eigenvalue weighted by Gasteiger charge is 2.13. The molecule has 3 heteroatoms. The van der Waals surface area contributed by atoms with E-state index in [1.807, 2.05) is 30.5 Å². The van der Waals surface area contributed by atoms with Crippen LogP contribution >= 0.6 is 0 Å². The van der Waals surface area contributed by atoms with Crippen LogP contribution in [0.4, 0.5) is 0 Å². The highest BCUT2D eigenvalue weighted by Crippen LogP contribution is 2.17. The van der Waals surface area contributed by atoms with Gasteiger partial charge in [-0.05, 0) is 25.0 Å². The minimum atomic E-state index is 0.107. The van der Waals surface area contributed by atoms with Crippen molar-refractivity contribution in [2.24, 2.45) is 0 Å². The Morgan fingerprint density at radius 3 is 2.79 bits per heavy atom. The molecule has 2 aromatic rings. The van der Waals surface area contributed by atoms with E-state index in [1.54, 1.807) is 6.07 Å². The van der Waals surface area contributed by atoms with Crippen LogP contribution in [0.2, 0.25) is 0 Å². The highest BCUT2D eigenvalue weighted by molar-refractivity contribution is 5.78. The number of aromatic nitrogens is 1. The van der Waals surface area contributed by atoms with Crippen LogP contribution in [0.5, 0.6) is 0 Å². The lowest BCUT2D eigenvalue weighted by Gasteiger charge is -2.14. The van der Waals surface area contributed by atoms with E-state index >= 15 is 0 Å². The zero-order chi connectivity index (χ0) is 13.1. The molecule has 0 unspecified atom stereocenters. The Morgan fingerprint density at radius 1 is 1.16 bits per heavy atom. The second-order valence-corrected chi connectivity index (χ2v) is 5.33. The van der Waals surface area contributed by atoms with Gasteiger partial charge in [0.05, 0.1) is 5.52 Å². The molecule has 1 fully saturated rings. The SMILES string of the molecule is O=c1ccn(CCNC2CCCC2)c2ccccc12. The average molecular weight is 256 g/mol. The molecule has 1 aromatic heterocycles. The van der Waals surface area contributed by atoms with Gasteiger partial charge < -0.3 is 9.88 Å². The van der Waals surface area contributed by atoms with Crippen molar-refractivity contribution in [3.63, 3.8) is 0 Å². The second-order valence-electron chi connectivity index (χ2n) is 5.33. The molecule has 1 aromatic carbocycles. The Balaban J connectivity index is 1.73. The number of pyridine rings is 1. The lowest BCUT2D eigenvalue weighted by atomic mass is 10.2. The number of hydrogen-bond donors (Lipinski definition) is 1. The molecule has 1 heterocycles. The van der Waals surface area contributed by atoms with E-state index in [4.69, 9.17) is 0 Å². The van der Waals surface area contributed by atoms with Gasteiger partial charge in [0.15, 0.2) is 5.43 Å². The van der Waals surface area contributed by atoms with E-state index in [-0.39, 0.29) is 5.43 Å². The van der Waals surface area contributed by atoms with Crippen molar-refractivity contribution < 1.29 is 0 Å². The highest BCUT2D eigenvalue weighted by atomic mass is 16.1. The number of nitrogens with one attached hydrogen (secondary N) is 1. The van der Waals surface area contributed by atoms with Crippen molar-refractivity contribution in [3.05, 3.63) is 46.8 Å². The van der Waals surface area contributed by atoms with Gasteiger partial charge in [-0.3, -0.25) is 4.79 Å². The number of rotatable bonds is 4. The molecule has 1 aliphatic rings. The molecule has 0 saturated heterocycles. The summed E-state index contributed by atoms with van der Waals surface area (Å²) >= 11 is 0. The molecule has 0 atom stereocenters. The van der Waals surface area contributed by atoms with Gasteiger partial charge in [0.25, 0.3) is 0 Å². The van der Waals surface area contributed by atoms with Crippen LogP contribution in [-0.4, -0.2) is 17.2 Å². The zero-order valence-electron chi connectivity index (χ0n) is 11.1. The van der Waals surface area contributed by atoms with Crippen LogP contribution in [0.3, 0.4) is 0 Å². The summed E-state index contributed by atoms with van der Waals surface area (Å²) in [5.74, 6) is 0. The Kier molecular flexibility index (Phi) is 3.65. The van der Waals surface area contributed by atoms with E-state index in [0.717, 1.165) is 24.0 Å². The fourth-order valence-electron chi connectivity index (χ4n) is 2.97. The van der Waals surface area contributed by atoms with Crippen LogP contribution in [-0.2, 0) is 6.54 Å². The van der Waals surface area contributed by atoms with Crippen LogP contribution in [0.15, 0.2) is 41.3 Å². The second kappa shape index (κ2) is 5.57. The smallest absolute Gasteiger partial charge is 0.189 e. The Hall–Kier alpha value is -1.61. The fourth-order valence-corrected chi connectivity index (χ4v) is 2.97. The van der Waals surface area contributed by atoms with Crippen molar-refractivity contribution in [2.75, 3.05) is 6.54 Å². The average Bonchev–Trinajstić information content (AvgIpc) is 2.95. The molecule has 0 radical (unpaired) electrons. The molecule has 19 heavy (non-hydrogen) atoms. The molecule has 3 rings (SSSR count). The van der Waals surface area contributed by atoms with Crippen molar-refractivity contribution in [1.29, 1.82) is 0 Å². The Bertz CT molecular complexity index is 611. The standard InChI is InChI=1S/C16H20N2O/c19-16-9-11-18(15-8-4-3-7-14(15)16)12-10-17-13-5-1-2-6-13/h3-4,7-9,11,13,17H,1-2,5-6,10,12H2. The summed E-state index contributed by atoms with van der Waals surface area (Å²) in [6.07, 6.45) is 7.24. The van der Waals surface area contributed by atoms with Crippen LogP contribution in [0.25, 0.3) is 10.9 Å². The predicted octanol–water partition coefficient (Wildman–Crippen LogP) is 2.53. The lowest BCUT2D eigenvalue weighted by Crippen LogP contribution is -2.29. The van der Waals surface area contributed by atoms with Crippen LogP contribution in [0.1, 0.15) is 25.7 Å². The van der Waals surface area contributed by atoms with Crippen molar-refractivity contribution >= 4 is 10.9 Å². The summed E-state index contributed by atoms with van der Waals surface area (Å²) in [5, 5.41) is 4.42. The molecule has 1 aliphatic carbocycles. The maximum atomic E-state index is 11.8. The molecule has 100 valence electrons. The maximum absolute atomic E-state index is 11.8. The van der Waals surface area contributed by atoms with E-state index in [1.165, 1.54) is 25.7 Å². The van der Waals surface area contributed by atoms with Gasteiger partial charge in [-0.25, -0.2) is 0 Å². The minimum Gasteiger partial charge on any atom is -0.346 e. The van der Waals surface area contributed by atoms with Crippen molar-refractivity contribution in [3.8, 4) is 0 Å². The quantitative estimate of drug-likeness (QED) is 0.912. The first-order valence-electron chi connectivity index (χ1n) is 7.16. The maximum Gasteiger partial charge on any atom is 0.189 e. The summed E-state index contributed by atoms with van der Waals surface area (Å²) in [4.78, 5) is 11.8. The van der Waals surface area contributed by atoms with E-state index in [2.05, 4.69) is 9.88 Å². The van der Waals surface area contributed by atoms with Crippen LogP contribution in [0, 0.1) is 0 Å². The molecular weight excluding hydrogens is 236 g/mol. The summed E-state index contributed by atoms with van der Waals surface area (Å²) < 4.78 is 2.17. The van der Waals surface area contributed by atoms with Crippen molar-refractivity contribution in [1.82, 2.24) is 9.88 Å². The van der Waals surface area contributed by atoms with E-state index in [9.17, 15) is 4.79 Å². The van der Waals surface area contributed by atoms with Crippen molar-refractivity contribution in [2.45, 2.75) is 38.3 Å². The zero-order valence-corrected chi connectivity index (χ0v) is 11.1. The van der Waals surface area contributed by atoms with Gasteiger partial charge >= 0.3 is 0 Å². The summed E-state index contributed by atoms with van der Waals surface area (Å²) in [6.45, 7) is 1.88. The van der Waals surface area contributed by atoms with Gasteiger partial charge in [0.1, 0.15) is 0 Å². The van der Waals surface area contributed by atoms with Gasteiger partial charge in [-0.1, -0.05) is 25.0 Å². The van der Waals surface area contributed by atoms with Crippen LogP contribution < -0.4 is 10.7 Å². The topological polar surface area (TPSA) is 34.0 Å². The molecule has 3 nitrogen and oxygen atoms in total. The largest absolute Gasteiger partial charge is 0.346 e. The summed E-state index contributed by atoms with van der Waals surface area (Å²) in [6, 6.07) is 10.2. The monoisotopic (exact) mass is 256 g/mol. The molecule has 0 amide bonds. The Labute approximate surface area is 113 Å². The van der Waals surface area contributed by atoms with E-state index < -0.39 is 0 Å². The van der Waals surface area contributed by atoms with Gasteiger partial charge in [0, 0.05) is 36.8 Å². The van der Waals surface area contributed by atoms with Gasteiger partial charge in [-0.2, -0.15) is 0 Å². The third kappa shape index (κ3) is 2.71. The Morgan fingerprint density at radius 2 is 1.95 bits per heavy atom. The van der Waals surface area contributed by atoms with E-state index in [0.29, 0.717) is 6.04 Å². The molecule has 1 N–H and O–H groups in total. The molecular formula is C16H20N2O. The number of hydrogen-bond acceptors (Lipinski definition) is 2.